The van der Waals surface area contributed by atoms with E-state index in [9.17, 15) is 17.6 Å². The molecule has 0 aliphatic carbocycles. The zero-order valence-electron chi connectivity index (χ0n) is 7.68. The van der Waals surface area contributed by atoms with Gasteiger partial charge >= 0.3 is 6.36 Å². The van der Waals surface area contributed by atoms with Gasteiger partial charge in [0.05, 0.1) is 5.69 Å². The Hall–Kier alpha value is -2.04. The van der Waals surface area contributed by atoms with Crippen LogP contribution in [0, 0.1) is 11.3 Å². The van der Waals surface area contributed by atoms with Gasteiger partial charge in [-0.1, -0.05) is 0 Å². The quantitative estimate of drug-likeness (QED) is 0.794. The van der Waals surface area contributed by atoms with Crippen LogP contribution >= 0.6 is 0 Å². The van der Waals surface area contributed by atoms with Crippen LogP contribution in [0.15, 0.2) is 6.20 Å². The Morgan fingerprint density at radius 1 is 1.50 bits per heavy atom. The van der Waals surface area contributed by atoms with Gasteiger partial charge in [0.25, 0.3) is 0 Å². The third-order valence-corrected chi connectivity index (χ3v) is 1.61. The number of rotatable bonds is 2. The molecule has 0 spiro atoms. The summed E-state index contributed by atoms with van der Waals surface area (Å²) in [6.45, 7) is -1.15. The Morgan fingerprint density at radius 3 is 2.56 bits per heavy atom. The van der Waals surface area contributed by atoms with Gasteiger partial charge in [-0.15, -0.1) is 13.2 Å². The van der Waals surface area contributed by atoms with Crippen LogP contribution in [-0.2, 0) is 6.67 Å². The molecule has 0 amide bonds. The number of nitrogens with zero attached hydrogens (tertiary/aromatic N) is 2. The maximum atomic E-state index is 12.3. The summed E-state index contributed by atoms with van der Waals surface area (Å²) in [7, 11) is 0. The second-order valence-electron chi connectivity index (χ2n) is 2.65. The molecule has 0 fully saturated rings. The molecule has 86 valence electrons. The molecule has 0 bridgehead atoms. The van der Waals surface area contributed by atoms with Gasteiger partial charge in [-0.3, -0.25) is 4.98 Å². The number of ether oxygens (including phenoxy) is 1. The van der Waals surface area contributed by atoms with Gasteiger partial charge in [0, 0.05) is 6.20 Å². The second-order valence-corrected chi connectivity index (χ2v) is 2.65. The Kier molecular flexibility index (Phi) is 3.17. The monoisotopic (exact) mass is 235 g/mol. The van der Waals surface area contributed by atoms with Crippen molar-refractivity contribution in [3.05, 3.63) is 17.5 Å². The molecule has 4 nitrogen and oxygen atoms in total. The molecule has 0 aliphatic heterocycles. The van der Waals surface area contributed by atoms with Crippen molar-refractivity contribution in [2.24, 2.45) is 0 Å². The normalized spacial score (nSPS) is 10.9. The van der Waals surface area contributed by atoms with Crippen molar-refractivity contribution in [3.8, 4) is 11.8 Å². The highest BCUT2D eigenvalue weighted by Crippen LogP contribution is 2.33. The van der Waals surface area contributed by atoms with Gasteiger partial charge in [0.1, 0.15) is 24.0 Å². The summed E-state index contributed by atoms with van der Waals surface area (Å²) in [6.07, 6.45) is -4.24. The van der Waals surface area contributed by atoms with Gasteiger partial charge in [-0.05, 0) is 0 Å². The first-order valence-electron chi connectivity index (χ1n) is 3.88. The number of alkyl halides is 4. The van der Waals surface area contributed by atoms with Gasteiger partial charge in [0.15, 0.2) is 5.75 Å². The number of nitrogen functional groups attached to an aromatic ring is 1. The molecular weight excluding hydrogens is 230 g/mol. The smallest absolute Gasteiger partial charge is 0.402 e. The highest BCUT2D eigenvalue weighted by molar-refractivity contribution is 5.62. The maximum Gasteiger partial charge on any atom is 0.573 e. The van der Waals surface area contributed by atoms with Crippen molar-refractivity contribution >= 4 is 5.69 Å². The molecule has 0 saturated heterocycles. The molecule has 0 unspecified atom stereocenters. The lowest BCUT2D eigenvalue weighted by molar-refractivity contribution is -0.274. The van der Waals surface area contributed by atoms with Gasteiger partial charge in [0.2, 0.25) is 0 Å². The zero-order chi connectivity index (χ0) is 12.3. The summed E-state index contributed by atoms with van der Waals surface area (Å²) < 4.78 is 51.7. The standard InChI is InChI=1S/C8H5F4N3O/c9-1-5-6(14)7(16-8(10,11)12)4(2-13)3-15-5/h3H,1,14H2. The number of nitriles is 1. The van der Waals surface area contributed by atoms with Crippen LogP contribution in [0.1, 0.15) is 11.3 Å². The fraction of sp³-hybridized carbons (Fsp3) is 0.250. The van der Waals surface area contributed by atoms with E-state index in [-0.39, 0.29) is 0 Å². The molecule has 1 rings (SSSR count). The van der Waals surface area contributed by atoms with Crippen LogP contribution < -0.4 is 10.5 Å². The van der Waals surface area contributed by atoms with Crippen LogP contribution in [-0.4, -0.2) is 11.3 Å². The molecular formula is C8H5F4N3O. The van der Waals surface area contributed by atoms with E-state index in [2.05, 4.69) is 9.72 Å². The van der Waals surface area contributed by atoms with Crippen LogP contribution in [0.25, 0.3) is 0 Å². The molecule has 1 heterocycles. The molecule has 1 aromatic heterocycles. The maximum absolute atomic E-state index is 12.3. The van der Waals surface area contributed by atoms with E-state index in [1.165, 1.54) is 6.07 Å². The highest BCUT2D eigenvalue weighted by Gasteiger charge is 2.34. The first-order valence-corrected chi connectivity index (χ1v) is 3.88. The molecule has 8 heteroatoms. The predicted octanol–water partition coefficient (Wildman–Crippen LogP) is 1.90. The average Bonchev–Trinajstić information content (AvgIpc) is 2.19. The van der Waals surface area contributed by atoms with Crippen molar-refractivity contribution in [1.29, 1.82) is 5.26 Å². The minimum atomic E-state index is -5.01. The third kappa shape index (κ3) is 2.50. The first kappa shape index (κ1) is 12.0. The number of nitrogens with two attached hydrogens (primary N) is 1. The number of hydrogen-bond donors (Lipinski definition) is 1. The van der Waals surface area contributed by atoms with E-state index < -0.39 is 35.7 Å². The SMILES string of the molecule is N#Cc1cnc(CF)c(N)c1OC(F)(F)F. The van der Waals surface area contributed by atoms with Gasteiger partial charge in [-0.2, -0.15) is 5.26 Å². The molecule has 0 atom stereocenters. The third-order valence-electron chi connectivity index (χ3n) is 1.61. The molecule has 1 aromatic rings. The van der Waals surface area contributed by atoms with E-state index in [0.717, 1.165) is 6.20 Å². The lowest BCUT2D eigenvalue weighted by atomic mass is 10.2. The van der Waals surface area contributed by atoms with Gasteiger partial charge < -0.3 is 10.5 Å². The Labute approximate surface area is 87.3 Å². The molecule has 0 aromatic carbocycles. The molecule has 0 aliphatic rings. The number of pyridine rings is 1. The summed E-state index contributed by atoms with van der Waals surface area (Å²) in [6, 6.07) is 1.42. The largest absolute Gasteiger partial charge is 0.573 e. The van der Waals surface area contributed by atoms with E-state index >= 15 is 0 Å². The fourth-order valence-corrected chi connectivity index (χ4v) is 0.959. The van der Waals surface area contributed by atoms with Crippen molar-refractivity contribution in [1.82, 2.24) is 4.98 Å². The zero-order valence-corrected chi connectivity index (χ0v) is 7.68. The fourth-order valence-electron chi connectivity index (χ4n) is 0.959. The minimum absolute atomic E-state index is 0.404. The van der Waals surface area contributed by atoms with Crippen LogP contribution in [0.4, 0.5) is 23.2 Å². The van der Waals surface area contributed by atoms with Crippen LogP contribution in [0.5, 0.6) is 5.75 Å². The molecule has 2 N–H and O–H groups in total. The topological polar surface area (TPSA) is 71.9 Å². The molecule has 0 saturated carbocycles. The number of halogens is 4. The second kappa shape index (κ2) is 4.22. The van der Waals surface area contributed by atoms with E-state index in [1.54, 1.807) is 0 Å². The number of anilines is 1. The highest BCUT2D eigenvalue weighted by atomic mass is 19.4. The number of aromatic nitrogens is 1. The van der Waals surface area contributed by atoms with Crippen molar-refractivity contribution < 1.29 is 22.3 Å². The van der Waals surface area contributed by atoms with Crippen LogP contribution in [0.3, 0.4) is 0 Å². The predicted molar refractivity (Wildman–Crippen MR) is 44.9 cm³/mol. The van der Waals surface area contributed by atoms with E-state index in [0.29, 0.717) is 0 Å². The number of hydrogen-bond acceptors (Lipinski definition) is 4. The first-order chi connectivity index (χ1) is 7.39. The van der Waals surface area contributed by atoms with Crippen molar-refractivity contribution in [3.63, 3.8) is 0 Å². The van der Waals surface area contributed by atoms with E-state index in [1.807, 2.05) is 0 Å². The van der Waals surface area contributed by atoms with Crippen molar-refractivity contribution in [2.45, 2.75) is 13.0 Å². The Bertz CT molecular complexity index is 438. The molecule has 16 heavy (non-hydrogen) atoms. The Morgan fingerprint density at radius 2 is 2.12 bits per heavy atom. The average molecular weight is 235 g/mol. The Balaban J connectivity index is 3.28. The van der Waals surface area contributed by atoms with Crippen LogP contribution in [0.2, 0.25) is 0 Å². The van der Waals surface area contributed by atoms with Crippen molar-refractivity contribution in [2.75, 3.05) is 5.73 Å². The lowest BCUT2D eigenvalue weighted by Gasteiger charge is -2.13. The molecule has 0 radical (unpaired) electrons. The summed E-state index contributed by atoms with van der Waals surface area (Å²) in [5.41, 5.74) is 3.66. The summed E-state index contributed by atoms with van der Waals surface area (Å²) in [5.74, 6) is -0.919. The summed E-state index contributed by atoms with van der Waals surface area (Å²) in [5, 5.41) is 8.52. The summed E-state index contributed by atoms with van der Waals surface area (Å²) >= 11 is 0. The minimum Gasteiger partial charge on any atom is -0.402 e. The lowest BCUT2D eigenvalue weighted by Crippen LogP contribution is -2.19. The van der Waals surface area contributed by atoms with Gasteiger partial charge in [-0.25, -0.2) is 4.39 Å². The summed E-state index contributed by atoms with van der Waals surface area (Å²) in [4.78, 5) is 3.39. The van der Waals surface area contributed by atoms with E-state index in [4.69, 9.17) is 11.0 Å².